The van der Waals surface area contributed by atoms with Gasteiger partial charge in [0, 0.05) is 5.56 Å². The van der Waals surface area contributed by atoms with E-state index < -0.39 is 14.2 Å². The minimum atomic E-state index is -1.85. The molecule has 0 aliphatic heterocycles. The summed E-state index contributed by atoms with van der Waals surface area (Å²) in [7, 11) is -1.85. The fraction of sp³-hybridized carbons (Fsp3) is 0.375. The number of hydrogen-bond donors (Lipinski definition) is 1. The summed E-state index contributed by atoms with van der Waals surface area (Å²) in [5.41, 5.74) is 13.5. The third-order valence-corrected chi connectivity index (χ3v) is 11.8. The largest absolute Gasteiger partial charge is 0.410 e. The molecule has 0 saturated heterocycles. The Morgan fingerprint density at radius 2 is 1.46 bits per heavy atom. The fourth-order valence-corrected chi connectivity index (χ4v) is 9.48. The van der Waals surface area contributed by atoms with E-state index in [0.29, 0.717) is 22.4 Å². The van der Waals surface area contributed by atoms with Gasteiger partial charge in [0.05, 0.1) is 0 Å². The van der Waals surface area contributed by atoms with Crippen LogP contribution in [0.5, 0.6) is 5.75 Å². The number of nitrogens with two attached hydrogens (primary N) is 1. The van der Waals surface area contributed by atoms with E-state index in [0.717, 1.165) is 16.7 Å². The Bertz CT molecular complexity index is 855. The van der Waals surface area contributed by atoms with E-state index in [1.165, 1.54) is 0 Å². The first kappa shape index (κ1) is 21.8. The first-order chi connectivity index (χ1) is 13.2. The van der Waals surface area contributed by atoms with Crippen LogP contribution >= 0.6 is 0 Å². The second kappa shape index (κ2) is 9.12. The van der Waals surface area contributed by atoms with Crippen molar-refractivity contribution in [2.24, 2.45) is 5.73 Å². The van der Waals surface area contributed by atoms with Gasteiger partial charge in [-0.1, -0.05) is 77.8 Å². The standard InChI is InChI=1S/C24H31NO2Si/c1-17(2)28(18(3)4,19(5)6)13-12-20-14-22(21-10-8-7-9-11-21)16-23(15-20)27-24(25)26/h7-11,14-19H,1-6H3,(H2,25,26). The van der Waals surface area contributed by atoms with Crippen LogP contribution in [-0.2, 0) is 0 Å². The van der Waals surface area contributed by atoms with Gasteiger partial charge in [-0.2, -0.15) is 0 Å². The molecule has 2 rings (SSSR count). The molecule has 0 aliphatic carbocycles. The highest BCUT2D eigenvalue weighted by molar-refractivity contribution is 6.90. The monoisotopic (exact) mass is 393 g/mol. The molecule has 0 heterocycles. The predicted molar refractivity (Wildman–Crippen MR) is 120 cm³/mol. The van der Waals surface area contributed by atoms with E-state index >= 15 is 0 Å². The van der Waals surface area contributed by atoms with Crippen LogP contribution in [-0.4, -0.2) is 14.2 Å². The minimum Gasteiger partial charge on any atom is -0.410 e. The molecule has 0 atom stereocenters. The van der Waals surface area contributed by atoms with Crippen LogP contribution in [0, 0.1) is 11.5 Å². The van der Waals surface area contributed by atoms with Gasteiger partial charge in [0.1, 0.15) is 13.8 Å². The minimum absolute atomic E-state index is 0.420. The summed E-state index contributed by atoms with van der Waals surface area (Å²) in [6.07, 6.45) is -0.820. The van der Waals surface area contributed by atoms with Crippen molar-refractivity contribution in [1.29, 1.82) is 0 Å². The molecule has 0 unspecified atom stereocenters. The van der Waals surface area contributed by atoms with Crippen molar-refractivity contribution < 1.29 is 9.53 Å². The van der Waals surface area contributed by atoms with Gasteiger partial charge in [0.15, 0.2) is 0 Å². The van der Waals surface area contributed by atoms with E-state index in [1.54, 1.807) is 6.07 Å². The number of carbonyl (C=O) groups is 1. The molecular formula is C24H31NO2Si. The second-order valence-electron chi connectivity index (χ2n) is 8.18. The Balaban J connectivity index is 2.59. The maximum absolute atomic E-state index is 11.3. The summed E-state index contributed by atoms with van der Waals surface area (Å²) in [6.45, 7) is 13.8. The molecule has 0 saturated carbocycles. The third-order valence-electron chi connectivity index (χ3n) is 5.52. The Hall–Kier alpha value is -2.51. The summed E-state index contributed by atoms with van der Waals surface area (Å²) in [4.78, 5) is 11.3. The highest BCUT2D eigenvalue weighted by Crippen LogP contribution is 2.40. The predicted octanol–water partition coefficient (Wildman–Crippen LogP) is 6.38. The lowest BCUT2D eigenvalue weighted by molar-refractivity contribution is 0.211. The Kier molecular flexibility index (Phi) is 7.09. The molecule has 3 nitrogen and oxygen atoms in total. The van der Waals surface area contributed by atoms with E-state index in [2.05, 4.69) is 59.1 Å². The van der Waals surface area contributed by atoms with Gasteiger partial charge in [0.25, 0.3) is 0 Å². The van der Waals surface area contributed by atoms with E-state index in [4.69, 9.17) is 10.5 Å². The fourth-order valence-electron chi connectivity index (χ4n) is 4.26. The number of primary amides is 1. The van der Waals surface area contributed by atoms with Crippen LogP contribution < -0.4 is 10.5 Å². The maximum atomic E-state index is 11.3. The number of rotatable bonds is 5. The average molecular weight is 394 g/mol. The van der Waals surface area contributed by atoms with Gasteiger partial charge in [0.2, 0.25) is 0 Å². The van der Waals surface area contributed by atoms with Gasteiger partial charge in [-0.05, 0) is 45.9 Å². The average Bonchev–Trinajstić information content (AvgIpc) is 2.61. The van der Waals surface area contributed by atoms with Crippen molar-refractivity contribution in [3.05, 3.63) is 54.1 Å². The van der Waals surface area contributed by atoms with Crippen molar-refractivity contribution in [2.45, 2.75) is 58.2 Å². The van der Waals surface area contributed by atoms with Crippen molar-refractivity contribution in [3.8, 4) is 28.3 Å². The van der Waals surface area contributed by atoms with Crippen LogP contribution in [0.15, 0.2) is 48.5 Å². The number of hydrogen-bond acceptors (Lipinski definition) is 2. The maximum Gasteiger partial charge on any atom is 0.409 e. The first-order valence-corrected chi connectivity index (χ1v) is 12.1. The highest BCUT2D eigenvalue weighted by Gasteiger charge is 2.41. The highest BCUT2D eigenvalue weighted by atomic mass is 28.3. The molecule has 1 amide bonds. The summed E-state index contributed by atoms with van der Waals surface area (Å²) in [6, 6.07) is 15.7. The molecule has 0 aromatic heterocycles. The molecule has 0 fully saturated rings. The molecular weight excluding hydrogens is 362 g/mol. The lowest BCUT2D eigenvalue weighted by Crippen LogP contribution is -2.43. The van der Waals surface area contributed by atoms with Crippen LogP contribution in [0.2, 0.25) is 16.6 Å². The van der Waals surface area contributed by atoms with Gasteiger partial charge in [-0.3, -0.25) is 0 Å². The van der Waals surface area contributed by atoms with Crippen molar-refractivity contribution in [1.82, 2.24) is 0 Å². The zero-order chi connectivity index (χ0) is 20.9. The Labute approximate surface area is 170 Å². The normalized spacial score (nSPS) is 11.5. The quantitative estimate of drug-likeness (QED) is 0.473. The van der Waals surface area contributed by atoms with Crippen molar-refractivity contribution >= 4 is 14.2 Å². The molecule has 148 valence electrons. The number of ether oxygens (including phenoxy) is 1. The first-order valence-electron chi connectivity index (χ1n) is 9.87. The van der Waals surface area contributed by atoms with E-state index in [-0.39, 0.29) is 0 Å². The Morgan fingerprint density at radius 1 is 0.893 bits per heavy atom. The van der Waals surface area contributed by atoms with Crippen LogP contribution in [0.25, 0.3) is 11.1 Å². The molecule has 2 aromatic carbocycles. The number of amides is 1. The van der Waals surface area contributed by atoms with Crippen LogP contribution in [0.1, 0.15) is 47.1 Å². The summed E-state index contributed by atoms with van der Waals surface area (Å²) in [5, 5.41) is 0. The molecule has 0 bridgehead atoms. The van der Waals surface area contributed by atoms with E-state index in [9.17, 15) is 4.79 Å². The number of carbonyl (C=O) groups excluding carboxylic acids is 1. The zero-order valence-corrected chi connectivity index (χ0v) is 18.7. The van der Waals surface area contributed by atoms with Gasteiger partial charge in [-0.25, -0.2) is 4.79 Å². The lowest BCUT2D eigenvalue weighted by Gasteiger charge is -2.38. The molecule has 0 aliphatic rings. The molecule has 2 aromatic rings. The summed E-state index contributed by atoms with van der Waals surface area (Å²) in [5.74, 6) is 3.85. The number of benzene rings is 2. The van der Waals surface area contributed by atoms with E-state index in [1.807, 2.05) is 36.4 Å². The summed E-state index contributed by atoms with van der Waals surface area (Å²) < 4.78 is 5.17. The van der Waals surface area contributed by atoms with Gasteiger partial charge >= 0.3 is 6.09 Å². The molecule has 28 heavy (non-hydrogen) atoms. The zero-order valence-electron chi connectivity index (χ0n) is 17.7. The van der Waals surface area contributed by atoms with Crippen molar-refractivity contribution in [2.75, 3.05) is 0 Å². The topological polar surface area (TPSA) is 52.3 Å². The van der Waals surface area contributed by atoms with Gasteiger partial charge in [-0.15, -0.1) is 5.54 Å². The molecule has 2 N–H and O–H groups in total. The second-order valence-corrected chi connectivity index (χ2v) is 13.8. The SMILES string of the molecule is CC(C)[Si](C#Cc1cc(OC(N)=O)cc(-c2ccccc2)c1)(C(C)C)C(C)C. The third kappa shape index (κ3) is 4.85. The van der Waals surface area contributed by atoms with Crippen molar-refractivity contribution in [3.63, 3.8) is 0 Å². The molecule has 0 spiro atoms. The molecule has 0 radical (unpaired) electrons. The van der Waals surface area contributed by atoms with Crippen LogP contribution in [0.4, 0.5) is 4.79 Å². The van der Waals surface area contributed by atoms with Gasteiger partial charge < -0.3 is 10.5 Å². The Morgan fingerprint density at radius 3 is 1.96 bits per heavy atom. The molecule has 4 heteroatoms. The summed E-state index contributed by atoms with van der Waals surface area (Å²) >= 11 is 0. The smallest absolute Gasteiger partial charge is 0.409 e. The van der Waals surface area contributed by atoms with Crippen LogP contribution in [0.3, 0.4) is 0 Å². The lowest BCUT2D eigenvalue weighted by atomic mass is 10.0.